The number of cyclic esters (lactones) is 3. The number of carboxylic acid groups (broad SMARTS) is 3. The summed E-state index contributed by atoms with van der Waals surface area (Å²) in [4.78, 5) is 115. The molecule has 6 atom stereocenters. The summed E-state index contributed by atoms with van der Waals surface area (Å²) in [6, 6.07) is 23.6. The van der Waals surface area contributed by atoms with Crippen LogP contribution in [0.4, 0.5) is 93.7 Å². The van der Waals surface area contributed by atoms with Crippen molar-refractivity contribution in [2.75, 3.05) is 75.3 Å². The maximum absolute atomic E-state index is 15.5. The zero-order valence-electron chi connectivity index (χ0n) is 78.6. The summed E-state index contributed by atoms with van der Waals surface area (Å²) in [7, 11) is 4.34. The van der Waals surface area contributed by atoms with Crippen LogP contribution in [0.25, 0.3) is 44.5 Å². The number of nitrogens with zero attached hydrogens (tertiary/aromatic N) is 13. The monoisotopic (exact) mass is 1990 g/mol. The maximum atomic E-state index is 15.5. The molecule has 0 bridgehead atoms. The second kappa shape index (κ2) is 38.6. The Kier molecular flexibility index (Phi) is 27.4. The fraction of sp³-hybridized carbons (Fsp3) is 0.410. The number of carboxylic acids is 3. The van der Waals surface area contributed by atoms with E-state index in [1.807, 2.05) is 42.2 Å². The molecule has 3 N–H and O–H groups in total. The highest BCUT2D eigenvalue weighted by Gasteiger charge is 2.51. The van der Waals surface area contributed by atoms with Gasteiger partial charge in [0.05, 0.1) is 142 Å². The molecule has 142 heavy (non-hydrogen) atoms. The number of ether oxygens (including phenoxy) is 6. The number of hydrogen-bond acceptors (Lipinski definition) is 22. The Balaban J connectivity index is 0.000000153. The van der Waals surface area contributed by atoms with Crippen LogP contribution < -0.4 is 28.9 Å². The molecule has 6 saturated heterocycles. The van der Waals surface area contributed by atoms with Crippen LogP contribution in [0.5, 0.6) is 17.2 Å². The molecule has 8 aliphatic rings. The summed E-state index contributed by atoms with van der Waals surface area (Å²) in [6.07, 6.45) is -13.4. The molecule has 4 aromatic heterocycles. The molecule has 2 saturated carbocycles. The van der Waals surface area contributed by atoms with Crippen molar-refractivity contribution in [3.8, 4) is 61.8 Å². The number of carbonyl (C=O) groups excluding carboxylic acids is 3. The van der Waals surface area contributed by atoms with Crippen LogP contribution in [0, 0.1) is 59.2 Å². The van der Waals surface area contributed by atoms with E-state index in [0.29, 0.717) is 105 Å². The number of anilines is 3. The number of benzene rings is 6. The van der Waals surface area contributed by atoms with Crippen molar-refractivity contribution < 1.29 is 134 Å². The van der Waals surface area contributed by atoms with E-state index in [2.05, 4.69) is 24.9 Å². The van der Waals surface area contributed by atoms with E-state index < -0.39 is 158 Å². The third kappa shape index (κ3) is 20.7. The second-order valence-electron chi connectivity index (χ2n) is 37.1. The Hall–Kier alpha value is -14.3. The topological polar surface area (TPSA) is 328 Å². The number of alkyl halides is 13. The highest BCUT2D eigenvalue weighted by atomic mass is 19.4. The maximum Gasteiger partial charge on any atom is 0.416 e. The number of aliphatic carboxylic acids is 2. The number of amides is 3. The fourth-order valence-corrected chi connectivity index (χ4v) is 19.2. The van der Waals surface area contributed by atoms with E-state index in [-0.39, 0.29) is 105 Å². The normalized spacial score (nSPS) is 21.6. The lowest BCUT2D eigenvalue weighted by Crippen LogP contribution is -2.57. The summed E-state index contributed by atoms with van der Waals surface area (Å²) in [6.45, 7) is 13.5. The quantitative estimate of drug-likeness (QED) is 0.0374. The predicted octanol–water partition coefficient (Wildman–Crippen LogP) is 20.8. The Morgan fingerprint density at radius 1 is 0.423 bits per heavy atom. The zero-order chi connectivity index (χ0) is 102. The first kappa shape index (κ1) is 101. The van der Waals surface area contributed by atoms with Crippen LogP contribution in [0.1, 0.15) is 189 Å². The average molecular weight is 1990 g/mol. The number of halogens is 14. The Morgan fingerprint density at radius 3 is 1.15 bits per heavy atom. The summed E-state index contributed by atoms with van der Waals surface area (Å²) in [5, 5.41) is 28.1. The van der Waals surface area contributed by atoms with Gasteiger partial charge < -0.3 is 58.4 Å². The van der Waals surface area contributed by atoms with Crippen molar-refractivity contribution in [3.63, 3.8) is 0 Å². The smallest absolute Gasteiger partial charge is 0.416 e. The van der Waals surface area contributed by atoms with E-state index in [1.54, 1.807) is 66.9 Å². The number of rotatable bonds is 24. The van der Waals surface area contributed by atoms with Crippen LogP contribution in [-0.2, 0) is 62.0 Å². The van der Waals surface area contributed by atoms with Gasteiger partial charge in [-0.3, -0.25) is 24.3 Å². The summed E-state index contributed by atoms with van der Waals surface area (Å²) in [5.74, 6) is -8.61. The van der Waals surface area contributed by atoms with Crippen molar-refractivity contribution in [2.45, 2.75) is 193 Å². The molecule has 0 radical (unpaired) electrons. The Labute approximate surface area is 804 Å². The van der Waals surface area contributed by atoms with Crippen molar-refractivity contribution in [2.24, 2.45) is 11.8 Å². The largest absolute Gasteiger partial charge is 0.496 e. The Bertz CT molecular complexity index is 6640. The number of aryl methyl sites for hydroxylation is 6. The minimum atomic E-state index is -4.63. The number of aromatic nitrogens is 7. The number of carbonyl (C=O) groups is 6. The molecular formula is C100H97F14N13O15. The van der Waals surface area contributed by atoms with Crippen molar-refractivity contribution in [1.29, 1.82) is 0 Å². The zero-order valence-corrected chi connectivity index (χ0v) is 78.6. The first-order chi connectivity index (χ1) is 66.8. The van der Waals surface area contributed by atoms with Gasteiger partial charge in [0.1, 0.15) is 47.1 Å². The van der Waals surface area contributed by atoms with Gasteiger partial charge in [-0.1, -0.05) is 47.0 Å². The number of methoxy groups -OCH3 is 3. The second-order valence-corrected chi connectivity index (χ2v) is 37.1. The standard InChI is InChI=1S/C34H29F6N5O5.C33H33F5N4O5.C33H35F3N4O5/c1-16-5-19(8-20(6-16)34(38,39)40)29-18(3)45(32(48)50-29)13-27-24(12-42-31(43-27)44-14-33(36,37)15-44)22-9-21(25(35)10-28(22)49-4)23-11-41-26(30(46)47)7-17(23)2;1-16-7-21(11-23(8-16)33(36,37)38)28-18(3)42(31(45)47-28)13-25-27(17(2)39-30(40-25)41-14-32(34,35)15-41)24-12-19(5-6-26(24)46-4)20-9-22(10-20)29(43)44;1-17-10-22(14-24(11-17)33(34,35)36)29-19(3)40(32(43)45-29)16-26-28(18(2)37-31(38-26)39-8-5-9-39)25-15-20(6-7-27(25)44-4)21-12-23(13-21)30(41)42/h5-12,18,29H,13-15H2,1-4H3,(H,46,47);5-8,11-12,18,20,22,28H,9-10,13-15H2,1-4H3,(H,43,44);6-7,10-11,14-15,19,21,23,29H,5,8-9,12-13,16H2,1-4H3,(H,41,42)/t18-,29-;18-,20?,22?,28-;19-,21?,23?,29-/m000/s1. The number of pyridine rings is 1. The van der Waals surface area contributed by atoms with Gasteiger partial charge in [0.2, 0.25) is 17.8 Å². The molecule has 3 amide bonds. The molecule has 2 aliphatic carbocycles. The van der Waals surface area contributed by atoms with Gasteiger partial charge in [-0.2, -0.15) is 39.5 Å². The molecule has 10 aromatic rings. The molecule has 750 valence electrons. The molecule has 10 heterocycles. The van der Waals surface area contributed by atoms with Crippen molar-refractivity contribution >= 4 is 54.0 Å². The van der Waals surface area contributed by atoms with Crippen LogP contribution in [0.15, 0.2) is 122 Å². The van der Waals surface area contributed by atoms with Gasteiger partial charge in [-0.15, -0.1) is 0 Å². The summed E-state index contributed by atoms with van der Waals surface area (Å²) in [5.41, 5.74) is 6.51. The van der Waals surface area contributed by atoms with Crippen molar-refractivity contribution in [3.05, 3.63) is 228 Å². The molecule has 42 heteroatoms. The lowest BCUT2D eigenvalue weighted by molar-refractivity contribution is -0.146. The SMILES string of the molecule is COc1cc(F)c(-c2cnc(C(=O)O)cc2C)cc1-c1cnc(N2CC(F)(F)C2)nc1CN1C(=O)O[C@H](c2cc(C)cc(C(F)(F)F)c2)[C@@H]1C.COc1ccc(C2CC(C(=O)O)C2)cc1-c1c(C)nc(N2CC(F)(F)C2)nc1CN1C(=O)O[C@H](c2cc(C)cc(C(F)(F)F)c2)[C@@H]1C.COc1ccc(C2CC(C(=O)O)C2)cc1-c1c(C)nc(N2CCC2)nc1CN1C(=O)O[C@H](c2cc(C)cc(C(F)(F)F)c2)[C@@H]1C. The van der Waals surface area contributed by atoms with Gasteiger partial charge in [-0.25, -0.2) is 76.0 Å². The van der Waals surface area contributed by atoms with Gasteiger partial charge in [0.15, 0.2) is 0 Å². The minimum absolute atomic E-state index is 0.00159. The van der Waals surface area contributed by atoms with E-state index in [4.69, 9.17) is 38.4 Å². The molecule has 28 nitrogen and oxygen atoms in total. The van der Waals surface area contributed by atoms with Crippen molar-refractivity contribution in [1.82, 2.24) is 49.6 Å². The van der Waals surface area contributed by atoms with E-state index in [1.165, 1.54) is 83.2 Å². The highest BCUT2D eigenvalue weighted by molar-refractivity contribution is 5.88. The predicted molar refractivity (Wildman–Crippen MR) is 485 cm³/mol. The lowest BCUT2D eigenvalue weighted by Gasteiger charge is -2.39. The van der Waals surface area contributed by atoms with Gasteiger partial charge in [-0.05, 0) is 212 Å². The fourth-order valence-electron chi connectivity index (χ4n) is 19.2. The minimum Gasteiger partial charge on any atom is -0.496 e. The van der Waals surface area contributed by atoms with E-state index in [0.717, 1.165) is 78.7 Å². The highest BCUT2D eigenvalue weighted by Crippen LogP contribution is 2.52. The van der Waals surface area contributed by atoms with E-state index >= 15 is 4.39 Å². The number of hydrogen-bond donors (Lipinski definition) is 3. The first-order valence-corrected chi connectivity index (χ1v) is 45.3. The van der Waals surface area contributed by atoms with Crippen LogP contribution >= 0.6 is 0 Å². The summed E-state index contributed by atoms with van der Waals surface area (Å²) >= 11 is 0. The third-order valence-electron chi connectivity index (χ3n) is 27.1. The molecule has 6 aliphatic heterocycles. The third-order valence-corrected chi connectivity index (χ3v) is 27.1. The van der Waals surface area contributed by atoms with Gasteiger partial charge in [0.25, 0.3) is 11.8 Å². The molecule has 0 spiro atoms. The van der Waals surface area contributed by atoms with Crippen LogP contribution in [-0.4, -0.2) is 192 Å². The van der Waals surface area contributed by atoms with E-state index in [9.17, 15) is 101 Å². The lowest BCUT2D eigenvalue weighted by atomic mass is 9.71. The van der Waals surface area contributed by atoms with Gasteiger partial charge in [0, 0.05) is 76.1 Å². The molecule has 8 fully saturated rings. The van der Waals surface area contributed by atoms with Gasteiger partial charge >= 0.3 is 54.7 Å². The molecule has 18 rings (SSSR count). The first-order valence-electron chi connectivity index (χ1n) is 45.3. The van der Waals surface area contributed by atoms with Crippen LogP contribution in [0.2, 0.25) is 0 Å². The average Bonchev–Trinajstić information content (AvgIpc) is 1.20. The Morgan fingerprint density at radius 2 is 0.796 bits per heavy atom. The number of aromatic carboxylic acids is 1. The molecular weight excluding hydrogens is 1890 g/mol. The molecule has 6 aromatic carbocycles. The van der Waals surface area contributed by atoms with Crippen LogP contribution in [0.3, 0.4) is 0 Å². The molecule has 0 unspecified atom stereocenters. The summed E-state index contributed by atoms with van der Waals surface area (Å²) < 4.78 is 227.